The lowest BCUT2D eigenvalue weighted by Crippen LogP contribution is -2.17. The van der Waals surface area contributed by atoms with Crippen molar-refractivity contribution in [2.45, 2.75) is 26.8 Å². The van der Waals surface area contributed by atoms with E-state index in [9.17, 15) is 9.18 Å². The molecule has 0 radical (unpaired) electrons. The number of carbonyl (C=O) groups excluding carboxylic acids is 1. The Morgan fingerprint density at radius 1 is 1.40 bits per heavy atom. The average Bonchev–Trinajstić information content (AvgIpc) is 2.74. The summed E-state index contributed by atoms with van der Waals surface area (Å²) in [6.07, 6.45) is 2.65. The molecule has 1 amide bonds. The van der Waals surface area contributed by atoms with Gasteiger partial charge in [0.1, 0.15) is 11.5 Å². The van der Waals surface area contributed by atoms with E-state index in [-0.39, 0.29) is 11.7 Å². The standard InChI is InChI=1S/C15H18FN3O/c1-3-6-19-9-12(17)8-14(19)15(20)18-13-5-4-11(16)7-10(13)2/h4-5,7-9H,3,6,17H2,1-2H3,(H,18,20). The molecule has 0 spiro atoms. The molecule has 0 bridgehead atoms. The first-order valence-corrected chi connectivity index (χ1v) is 6.54. The Morgan fingerprint density at radius 3 is 2.80 bits per heavy atom. The lowest BCUT2D eigenvalue weighted by Gasteiger charge is -2.10. The van der Waals surface area contributed by atoms with Gasteiger partial charge in [-0.2, -0.15) is 0 Å². The monoisotopic (exact) mass is 275 g/mol. The Kier molecular flexibility index (Phi) is 4.08. The van der Waals surface area contributed by atoms with Crippen molar-refractivity contribution in [2.24, 2.45) is 0 Å². The number of nitrogen functional groups attached to an aromatic ring is 1. The van der Waals surface area contributed by atoms with Crippen LogP contribution >= 0.6 is 0 Å². The fraction of sp³-hybridized carbons (Fsp3) is 0.267. The van der Waals surface area contributed by atoms with Gasteiger partial charge in [-0.1, -0.05) is 6.92 Å². The van der Waals surface area contributed by atoms with Crippen molar-refractivity contribution < 1.29 is 9.18 Å². The van der Waals surface area contributed by atoms with Gasteiger partial charge in [-0.3, -0.25) is 4.79 Å². The summed E-state index contributed by atoms with van der Waals surface area (Å²) in [7, 11) is 0. The number of nitrogens with two attached hydrogens (primary N) is 1. The molecule has 4 nitrogen and oxygen atoms in total. The number of nitrogens with zero attached hydrogens (tertiary/aromatic N) is 1. The molecule has 0 atom stereocenters. The molecule has 0 aliphatic rings. The van der Waals surface area contributed by atoms with Crippen LogP contribution in [-0.4, -0.2) is 10.5 Å². The quantitative estimate of drug-likeness (QED) is 0.900. The zero-order valence-electron chi connectivity index (χ0n) is 11.6. The first-order valence-electron chi connectivity index (χ1n) is 6.54. The highest BCUT2D eigenvalue weighted by molar-refractivity contribution is 6.04. The van der Waals surface area contributed by atoms with Gasteiger partial charge in [-0.05, 0) is 43.2 Å². The fourth-order valence-corrected chi connectivity index (χ4v) is 2.10. The number of anilines is 2. The largest absolute Gasteiger partial charge is 0.397 e. The maximum absolute atomic E-state index is 13.0. The lowest BCUT2D eigenvalue weighted by atomic mass is 10.2. The molecule has 1 heterocycles. The highest BCUT2D eigenvalue weighted by Gasteiger charge is 2.13. The number of benzene rings is 1. The smallest absolute Gasteiger partial charge is 0.272 e. The molecule has 0 fully saturated rings. The Bertz CT molecular complexity index is 634. The van der Waals surface area contributed by atoms with Gasteiger partial charge >= 0.3 is 0 Å². The number of carbonyl (C=O) groups is 1. The summed E-state index contributed by atoms with van der Waals surface area (Å²) in [5, 5.41) is 2.78. The van der Waals surface area contributed by atoms with Crippen molar-refractivity contribution in [3.8, 4) is 0 Å². The zero-order chi connectivity index (χ0) is 14.7. The van der Waals surface area contributed by atoms with E-state index >= 15 is 0 Å². The molecule has 1 aromatic carbocycles. The topological polar surface area (TPSA) is 60.0 Å². The average molecular weight is 275 g/mol. The molecule has 0 aliphatic carbocycles. The highest BCUT2D eigenvalue weighted by atomic mass is 19.1. The Balaban J connectivity index is 2.23. The molecule has 1 aromatic heterocycles. The molecule has 0 saturated carbocycles. The van der Waals surface area contributed by atoms with Crippen molar-refractivity contribution in [3.63, 3.8) is 0 Å². The van der Waals surface area contributed by atoms with Crippen LogP contribution in [0, 0.1) is 12.7 Å². The molecular weight excluding hydrogens is 257 g/mol. The van der Waals surface area contributed by atoms with Gasteiger partial charge in [0.05, 0.1) is 5.69 Å². The number of hydrogen-bond donors (Lipinski definition) is 2. The normalized spacial score (nSPS) is 10.6. The van der Waals surface area contributed by atoms with Crippen molar-refractivity contribution in [1.29, 1.82) is 0 Å². The minimum absolute atomic E-state index is 0.246. The van der Waals surface area contributed by atoms with Crippen molar-refractivity contribution in [2.75, 3.05) is 11.1 Å². The summed E-state index contributed by atoms with van der Waals surface area (Å²) >= 11 is 0. The number of halogens is 1. The Labute approximate surface area is 117 Å². The fourth-order valence-electron chi connectivity index (χ4n) is 2.10. The van der Waals surface area contributed by atoms with Gasteiger partial charge in [0.15, 0.2) is 0 Å². The molecule has 2 rings (SSSR count). The minimum atomic E-state index is -0.320. The number of hydrogen-bond acceptors (Lipinski definition) is 2. The molecule has 3 N–H and O–H groups in total. The van der Waals surface area contributed by atoms with Crippen LogP contribution in [0.3, 0.4) is 0 Å². The summed E-state index contributed by atoms with van der Waals surface area (Å²) in [5.74, 6) is -0.566. The van der Waals surface area contributed by atoms with Crippen molar-refractivity contribution >= 4 is 17.3 Å². The van der Waals surface area contributed by atoms with Gasteiger partial charge in [-0.15, -0.1) is 0 Å². The molecule has 0 aliphatic heterocycles. The van der Waals surface area contributed by atoms with Gasteiger partial charge in [0.25, 0.3) is 5.91 Å². The van der Waals surface area contributed by atoms with Crippen LogP contribution in [0.25, 0.3) is 0 Å². The van der Waals surface area contributed by atoms with E-state index in [1.54, 1.807) is 25.3 Å². The molecule has 0 saturated heterocycles. The third-order valence-electron chi connectivity index (χ3n) is 3.05. The molecule has 2 aromatic rings. The third-order valence-corrected chi connectivity index (χ3v) is 3.05. The summed E-state index contributed by atoms with van der Waals surface area (Å²) < 4.78 is 14.9. The molecule has 0 unspecified atom stereocenters. The van der Waals surface area contributed by atoms with Gasteiger partial charge in [-0.25, -0.2) is 4.39 Å². The van der Waals surface area contributed by atoms with Gasteiger partial charge < -0.3 is 15.6 Å². The number of aromatic nitrogens is 1. The van der Waals surface area contributed by atoms with Crippen LogP contribution in [0.2, 0.25) is 0 Å². The van der Waals surface area contributed by atoms with Crippen LogP contribution in [-0.2, 0) is 6.54 Å². The van der Waals surface area contributed by atoms with E-state index < -0.39 is 0 Å². The molecular formula is C15H18FN3O. The van der Waals surface area contributed by atoms with Crippen molar-refractivity contribution in [1.82, 2.24) is 4.57 Å². The first kappa shape index (κ1) is 14.1. The van der Waals surface area contributed by atoms with Gasteiger partial charge in [0.2, 0.25) is 0 Å². The first-order chi connectivity index (χ1) is 9.51. The van der Waals surface area contributed by atoms with E-state index in [2.05, 4.69) is 5.32 Å². The number of rotatable bonds is 4. The second-order valence-corrected chi connectivity index (χ2v) is 4.77. The second-order valence-electron chi connectivity index (χ2n) is 4.77. The second kappa shape index (κ2) is 5.77. The number of nitrogens with one attached hydrogen (secondary N) is 1. The van der Waals surface area contributed by atoms with E-state index in [0.717, 1.165) is 13.0 Å². The van der Waals surface area contributed by atoms with Crippen LogP contribution in [0.5, 0.6) is 0 Å². The summed E-state index contributed by atoms with van der Waals surface area (Å²) in [4.78, 5) is 12.3. The lowest BCUT2D eigenvalue weighted by molar-refractivity contribution is 0.101. The molecule has 106 valence electrons. The zero-order valence-corrected chi connectivity index (χ0v) is 11.6. The molecule has 5 heteroatoms. The number of amides is 1. The van der Waals surface area contributed by atoms with Crippen LogP contribution in [0.4, 0.5) is 15.8 Å². The SMILES string of the molecule is CCCn1cc(N)cc1C(=O)Nc1ccc(F)cc1C. The van der Waals surface area contributed by atoms with E-state index in [4.69, 9.17) is 5.73 Å². The summed E-state index contributed by atoms with van der Waals surface area (Å²) in [5.41, 5.74) is 8.08. The maximum atomic E-state index is 13.0. The maximum Gasteiger partial charge on any atom is 0.272 e. The third kappa shape index (κ3) is 2.99. The van der Waals surface area contributed by atoms with E-state index in [1.807, 2.05) is 11.5 Å². The molecule has 20 heavy (non-hydrogen) atoms. The summed E-state index contributed by atoms with van der Waals surface area (Å²) in [6, 6.07) is 5.90. The number of aryl methyl sites for hydroxylation is 2. The minimum Gasteiger partial charge on any atom is -0.397 e. The van der Waals surface area contributed by atoms with Crippen LogP contribution < -0.4 is 11.1 Å². The predicted molar refractivity (Wildman–Crippen MR) is 78.2 cm³/mol. The summed E-state index contributed by atoms with van der Waals surface area (Å²) in [6.45, 7) is 4.50. The predicted octanol–water partition coefficient (Wildman–Crippen LogP) is 3.18. The van der Waals surface area contributed by atoms with E-state index in [1.165, 1.54) is 12.1 Å². The Hall–Kier alpha value is -2.30. The Morgan fingerprint density at radius 2 is 2.15 bits per heavy atom. The van der Waals surface area contributed by atoms with E-state index in [0.29, 0.717) is 22.6 Å². The van der Waals surface area contributed by atoms with Crippen molar-refractivity contribution in [3.05, 3.63) is 47.5 Å². The van der Waals surface area contributed by atoms with Crippen LogP contribution in [0.15, 0.2) is 30.5 Å². The highest BCUT2D eigenvalue weighted by Crippen LogP contribution is 2.18. The van der Waals surface area contributed by atoms with Crippen LogP contribution in [0.1, 0.15) is 29.4 Å². The van der Waals surface area contributed by atoms with Gasteiger partial charge in [0, 0.05) is 18.4 Å².